The lowest BCUT2D eigenvalue weighted by Gasteiger charge is -2.05. The number of hydrogen-bond donors (Lipinski definition) is 1. The summed E-state index contributed by atoms with van der Waals surface area (Å²) in [6.45, 7) is 0. The van der Waals surface area contributed by atoms with Crippen molar-refractivity contribution in [3.63, 3.8) is 0 Å². The van der Waals surface area contributed by atoms with E-state index in [0.717, 1.165) is 11.1 Å². The number of benzene rings is 2. The molecule has 104 valence electrons. The Morgan fingerprint density at radius 2 is 1.57 bits per heavy atom. The molecule has 1 aromatic heterocycles. The van der Waals surface area contributed by atoms with Crippen molar-refractivity contribution >= 4 is 17.3 Å². The highest BCUT2D eigenvalue weighted by molar-refractivity contribution is 7.12. The first-order valence-electron chi connectivity index (χ1n) is 6.68. The van der Waals surface area contributed by atoms with Crippen LogP contribution in [0.4, 0.5) is 0 Å². The summed E-state index contributed by atoms with van der Waals surface area (Å²) in [5, 5.41) is 11.0. The second-order valence-electron chi connectivity index (χ2n) is 4.82. The molecule has 0 saturated carbocycles. The van der Waals surface area contributed by atoms with Gasteiger partial charge in [0.15, 0.2) is 0 Å². The van der Waals surface area contributed by atoms with E-state index in [9.17, 15) is 4.79 Å². The van der Waals surface area contributed by atoms with Gasteiger partial charge in [0.2, 0.25) is 0 Å². The molecule has 3 aromatic rings. The van der Waals surface area contributed by atoms with E-state index in [-0.39, 0.29) is 0 Å². The zero-order chi connectivity index (χ0) is 14.7. The minimum Gasteiger partial charge on any atom is -0.477 e. The topological polar surface area (TPSA) is 37.3 Å². The molecular formula is C18H14O2S. The van der Waals surface area contributed by atoms with Crippen molar-refractivity contribution in [1.29, 1.82) is 0 Å². The summed E-state index contributed by atoms with van der Waals surface area (Å²) < 4.78 is 0. The van der Waals surface area contributed by atoms with Crippen LogP contribution in [0, 0.1) is 0 Å². The van der Waals surface area contributed by atoms with E-state index in [1.54, 1.807) is 0 Å². The lowest BCUT2D eigenvalue weighted by Crippen LogP contribution is -1.98. The average Bonchev–Trinajstić information content (AvgIpc) is 2.97. The number of rotatable bonds is 4. The molecule has 0 radical (unpaired) electrons. The Kier molecular flexibility index (Phi) is 3.84. The van der Waals surface area contributed by atoms with Crippen LogP contribution in [0.25, 0.3) is 11.1 Å². The van der Waals surface area contributed by atoms with Crippen LogP contribution in [-0.4, -0.2) is 11.1 Å². The predicted molar refractivity (Wildman–Crippen MR) is 86.0 cm³/mol. The number of thiophene rings is 1. The standard InChI is InChI=1S/C18H14O2S/c19-18(20)17-16(10-11-21-17)12-13-6-8-15(9-7-13)14-4-2-1-3-5-14/h1-11H,12H2,(H,19,20). The molecule has 0 bridgehead atoms. The molecule has 3 heteroatoms. The van der Waals surface area contributed by atoms with Gasteiger partial charge in [0.05, 0.1) is 0 Å². The number of carbonyl (C=O) groups is 1. The van der Waals surface area contributed by atoms with Crippen LogP contribution in [0.15, 0.2) is 66.0 Å². The molecule has 0 aliphatic rings. The minimum absolute atomic E-state index is 0.433. The first kappa shape index (κ1) is 13.6. The Morgan fingerprint density at radius 1 is 0.905 bits per heavy atom. The summed E-state index contributed by atoms with van der Waals surface area (Å²) in [5.41, 5.74) is 4.35. The summed E-state index contributed by atoms with van der Waals surface area (Å²) in [7, 11) is 0. The molecule has 0 spiro atoms. The normalized spacial score (nSPS) is 10.5. The maximum atomic E-state index is 11.1. The van der Waals surface area contributed by atoms with Gasteiger partial charge in [-0.1, -0.05) is 54.6 Å². The second-order valence-corrected chi connectivity index (χ2v) is 5.74. The maximum Gasteiger partial charge on any atom is 0.346 e. The molecule has 21 heavy (non-hydrogen) atoms. The largest absolute Gasteiger partial charge is 0.477 e. The molecule has 0 aliphatic heterocycles. The molecule has 1 heterocycles. The van der Waals surface area contributed by atoms with Gasteiger partial charge < -0.3 is 5.11 Å². The van der Waals surface area contributed by atoms with Gasteiger partial charge in [0.1, 0.15) is 4.88 Å². The van der Waals surface area contributed by atoms with Crippen LogP contribution in [0.2, 0.25) is 0 Å². The molecule has 3 rings (SSSR count). The van der Waals surface area contributed by atoms with Crippen molar-refractivity contribution in [2.24, 2.45) is 0 Å². The predicted octanol–water partition coefficient (Wildman–Crippen LogP) is 4.70. The van der Waals surface area contributed by atoms with Crippen LogP contribution in [0.3, 0.4) is 0 Å². The molecule has 0 aliphatic carbocycles. The molecule has 1 N–H and O–H groups in total. The van der Waals surface area contributed by atoms with Gasteiger partial charge in [-0.25, -0.2) is 4.79 Å². The molecule has 0 amide bonds. The van der Waals surface area contributed by atoms with Crippen molar-refractivity contribution in [3.05, 3.63) is 82.0 Å². The van der Waals surface area contributed by atoms with E-state index in [4.69, 9.17) is 5.11 Å². The van der Waals surface area contributed by atoms with Gasteiger partial charge in [0, 0.05) is 0 Å². The van der Waals surface area contributed by atoms with E-state index in [1.807, 2.05) is 29.6 Å². The third kappa shape index (κ3) is 3.03. The highest BCUT2D eigenvalue weighted by Gasteiger charge is 2.11. The first-order chi connectivity index (χ1) is 10.2. The molecule has 0 saturated heterocycles. The SMILES string of the molecule is O=C(O)c1sccc1Cc1ccc(-c2ccccc2)cc1. The van der Waals surface area contributed by atoms with Gasteiger partial charge in [0.25, 0.3) is 0 Å². The van der Waals surface area contributed by atoms with E-state index in [1.165, 1.54) is 22.5 Å². The van der Waals surface area contributed by atoms with Gasteiger partial charge in [-0.3, -0.25) is 0 Å². The van der Waals surface area contributed by atoms with Crippen LogP contribution in [-0.2, 0) is 6.42 Å². The van der Waals surface area contributed by atoms with E-state index in [0.29, 0.717) is 11.3 Å². The average molecular weight is 294 g/mol. The lowest BCUT2D eigenvalue weighted by atomic mass is 10.0. The van der Waals surface area contributed by atoms with E-state index >= 15 is 0 Å². The van der Waals surface area contributed by atoms with Gasteiger partial charge >= 0.3 is 5.97 Å². The summed E-state index contributed by atoms with van der Waals surface area (Å²) in [6.07, 6.45) is 0.653. The third-order valence-corrected chi connectivity index (χ3v) is 4.34. The lowest BCUT2D eigenvalue weighted by molar-refractivity contribution is 0.0701. The Morgan fingerprint density at radius 3 is 2.24 bits per heavy atom. The fourth-order valence-corrected chi connectivity index (χ4v) is 3.09. The molecule has 0 fully saturated rings. The highest BCUT2D eigenvalue weighted by atomic mass is 32.1. The summed E-state index contributed by atoms with van der Waals surface area (Å²) in [6, 6.07) is 20.4. The van der Waals surface area contributed by atoms with E-state index < -0.39 is 5.97 Å². The summed E-state index contributed by atoms with van der Waals surface area (Å²) in [5.74, 6) is -0.846. The Labute approximate surface area is 127 Å². The monoisotopic (exact) mass is 294 g/mol. The summed E-state index contributed by atoms with van der Waals surface area (Å²) in [4.78, 5) is 11.6. The zero-order valence-corrected chi connectivity index (χ0v) is 12.1. The Bertz CT molecular complexity index is 742. The fourth-order valence-electron chi connectivity index (χ4n) is 2.33. The van der Waals surface area contributed by atoms with E-state index in [2.05, 4.69) is 36.4 Å². The molecule has 0 atom stereocenters. The number of hydrogen-bond acceptors (Lipinski definition) is 2. The van der Waals surface area contributed by atoms with Crippen molar-refractivity contribution in [3.8, 4) is 11.1 Å². The van der Waals surface area contributed by atoms with Gasteiger partial charge in [-0.2, -0.15) is 0 Å². The second kappa shape index (κ2) is 5.94. The van der Waals surface area contributed by atoms with Crippen LogP contribution < -0.4 is 0 Å². The molecule has 0 unspecified atom stereocenters. The number of carboxylic acid groups (broad SMARTS) is 1. The van der Waals surface area contributed by atoms with Gasteiger partial charge in [-0.15, -0.1) is 11.3 Å². The molecule has 2 aromatic carbocycles. The first-order valence-corrected chi connectivity index (χ1v) is 7.56. The Balaban J connectivity index is 1.82. The molecule has 2 nitrogen and oxygen atoms in total. The van der Waals surface area contributed by atoms with Crippen LogP contribution in [0.5, 0.6) is 0 Å². The van der Waals surface area contributed by atoms with Gasteiger partial charge in [-0.05, 0) is 40.1 Å². The van der Waals surface area contributed by atoms with Crippen molar-refractivity contribution in [1.82, 2.24) is 0 Å². The van der Waals surface area contributed by atoms with Crippen LogP contribution in [0.1, 0.15) is 20.8 Å². The van der Waals surface area contributed by atoms with Crippen molar-refractivity contribution in [2.45, 2.75) is 6.42 Å². The number of aromatic carboxylic acids is 1. The fraction of sp³-hybridized carbons (Fsp3) is 0.0556. The van der Waals surface area contributed by atoms with Crippen molar-refractivity contribution < 1.29 is 9.90 Å². The molecular weight excluding hydrogens is 280 g/mol. The smallest absolute Gasteiger partial charge is 0.346 e. The third-order valence-electron chi connectivity index (χ3n) is 3.40. The Hall–Kier alpha value is -2.39. The zero-order valence-electron chi connectivity index (χ0n) is 11.3. The maximum absolute atomic E-state index is 11.1. The highest BCUT2D eigenvalue weighted by Crippen LogP contribution is 2.23. The number of carboxylic acids is 1. The quantitative estimate of drug-likeness (QED) is 0.757. The summed E-state index contributed by atoms with van der Waals surface area (Å²) >= 11 is 1.28. The van der Waals surface area contributed by atoms with Crippen LogP contribution >= 0.6 is 11.3 Å². The minimum atomic E-state index is -0.846. The van der Waals surface area contributed by atoms with Crippen molar-refractivity contribution in [2.75, 3.05) is 0 Å².